The molecule has 0 aromatic heterocycles. The van der Waals surface area contributed by atoms with Crippen molar-refractivity contribution in [3.63, 3.8) is 0 Å². The van der Waals surface area contributed by atoms with Crippen LogP contribution in [0, 0.1) is 0 Å². The number of amides is 2. The Kier molecular flexibility index (Phi) is 8.52. The monoisotopic (exact) mass is 502 g/mol. The van der Waals surface area contributed by atoms with Crippen molar-refractivity contribution in [1.82, 2.24) is 10.2 Å². The molecule has 36 heavy (non-hydrogen) atoms. The fraction of sp³-hybridized carbons (Fsp3) is 0.250. The number of piperazine rings is 1. The van der Waals surface area contributed by atoms with Gasteiger partial charge in [0.05, 0.1) is 0 Å². The van der Waals surface area contributed by atoms with Crippen molar-refractivity contribution >= 4 is 40.5 Å². The Labute approximate surface area is 217 Å². The Morgan fingerprint density at radius 2 is 1.56 bits per heavy atom. The molecule has 0 saturated carbocycles. The van der Waals surface area contributed by atoms with Gasteiger partial charge in [-0.15, -0.1) is 0 Å². The van der Waals surface area contributed by atoms with Crippen molar-refractivity contribution in [3.8, 4) is 5.75 Å². The van der Waals surface area contributed by atoms with Crippen LogP contribution < -0.4 is 20.3 Å². The SMILES string of the molecule is CCC(=O)N1CCN(c2ccc(NC(=S)NC(=O)c3ccc(OCc4ccccc4)cc3)cc2)CC1. The van der Waals surface area contributed by atoms with Crippen LogP contribution in [0.15, 0.2) is 78.9 Å². The summed E-state index contributed by atoms with van der Waals surface area (Å²) in [6, 6.07) is 24.7. The maximum Gasteiger partial charge on any atom is 0.257 e. The Morgan fingerprint density at radius 3 is 2.19 bits per heavy atom. The van der Waals surface area contributed by atoms with Gasteiger partial charge in [-0.25, -0.2) is 0 Å². The second-order valence-corrected chi connectivity index (χ2v) is 8.88. The maximum absolute atomic E-state index is 12.6. The molecule has 186 valence electrons. The van der Waals surface area contributed by atoms with Gasteiger partial charge in [0, 0.05) is 49.5 Å². The molecule has 0 radical (unpaired) electrons. The van der Waals surface area contributed by atoms with Gasteiger partial charge in [-0.1, -0.05) is 37.3 Å². The smallest absolute Gasteiger partial charge is 0.257 e. The Bertz CT molecular complexity index is 1180. The summed E-state index contributed by atoms with van der Waals surface area (Å²) in [5.41, 5.74) is 3.44. The predicted octanol–water partition coefficient (Wildman–Crippen LogP) is 4.45. The summed E-state index contributed by atoms with van der Waals surface area (Å²) in [5.74, 6) is 0.602. The minimum Gasteiger partial charge on any atom is -0.489 e. The van der Waals surface area contributed by atoms with Crippen molar-refractivity contribution in [2.24, 2.45) is 0 Å². The molecule has 3 aromatic rings. The van der Waals surface area contributed by atoms with Gasteiger partial charge in [-0.2, -0.15) is 0 Å². The van der Waals surface area contributed by atoms with Crippen LogP contribution in [0.3, 0.4) is 0 Å². The first-order valence-electron chi connectivity index (χ1n) is 12.0. The van der Waals surface area contributed by atoms with Crippen molar-refractivity contribution in [2.75, 3.05) is 36.4 Å². The quantitative estimate of drug-likeness (QED) is 0.465. The molecule has 0 aliphatic carbocycles. The number of carbonyl (C=O) groups is 2. The number of thiocarbonyl (C=S) groups is 1. The summed E-state index contributed by atoms with van der Waals surface area (Å²) < 4.78 is 5.77. The number of hydrogen-bond acceptors (Lipinski definition) is 5. The van der Waals surface area contributed by atoms with E-state index in [1.807, 2.05) is 66.4 Å². The molecule has 1 heterocycles. The van der Waals surface area contributed by atoms with Crippen LogP contribution in [0.5, 0.6) is 5.75 Å². The van der Waals surface area contributed by atoms with E-state index in [2.05, 4.69) is 15.5 Å². The van der Waals surface area contributed by atoms with Crippen LogP contribution in [0.4, 0.5) is 11.4 Å². The first kappa shape index (κ1) is 25.2. The maximum atomic E-state index is 12.6. The molecule has 3 aromatic carbocycles. The number of nitrogens with zero attached hydrogens (tertiary/aromatic N) is 2. The van der Waals surface area contributed by atoms with Gasteiger partial charge in [0.2, 0.25) is 5.91 Å². The highest BCUT2D eigenvalue weighted by Gasteiger charge is 2.20. The van der Waals surface area contributed by atoms with Gasteiger partial charge >= 0.3 is 0 Å². The van der Waals surface area contributed by atoms with Gasteiger partial charge < -0.3 is 19.9 Å². The normalized spacial score (nSPS) is 13.1. The lowest BCUT2D eigenvalue weighted by Crippen LogP contribution is -2.48. The average molecular weight is 503 g/mol. The van der Waals surface area contributed by atoms with Crippen LogP contribution in [-0.2, 0) is 11.4 Å². The van der Waals surface area contributed by atoms with E-state index in [1.165, 1.54) is 0 Å². The number of rotatable bonds is 7. The van der Waals surface area contributed by atoms with Gasteiger partial charge in [-0.05, 0) is 66.3 Å². The zero-order chi connectivity index (χ0) is 25.3. The molecule has 0 spiro atoms. The fourth-order valence-corrected chi connectivity index (χ4v) is 4.18. The highest BCUT2D eigenvalue weighted by Crippen LogP contribution is 2.20. The second kappa shape index (κ2) is 12.2. The van der Waals surface area contributed by atoms with Crippen LogP contribution in [-0.4, -0.2) is 48.0 Å². The number of nitrogens with one attached hydrogen (secondary N) is 2. The van der Waals surface area contributed by atoms with Crippen LogP contribution in [0.2, 0.25) is 0 Å². The van der Waals surface area contributed by atoms with Gasteiger partial charge in [-0.3, -0.25) is 14.9 Å². The van der Waals surface area contributed by atoms with E-state index in [9.17, 15) is 9.59 Å². The molecule has 8 heteroatoms. The second-order valence-electron chi connectivity index (χ2n) is 8.48. The highest BCUT2D eigenvalue weighted by atomic mass is 32.1. The minimum absolute atomic E-state index is 0.206. The van der Waals surface area contributed by atoms with Crippen LogP contribution >= 0.6 is 12.2 Å². The molecule has 7 nitrogen and oxygen atoms in total. The van der Waals surface area contributed by atoms with E-state index in [0.717, 1.165) is 43.1 Å². The third-order valence-electron chi connectivity index (χ3n) is 6.02. The lowest BCUT2D eigenvalue weighted by Gasteiger charge is -2.36. The molecule has 2 amide bonds. The van der Waals surface area contributed by atoms with E-state index in [4.69, 9.17) is 17.0 Å². The minimum atomic E-state index is -0.293. The van der Waals surface area contributed by atoms with Gasteiger partial charge in [0.1, 0.15) is 12.4 Å². The molecule has 0 atom stereocenters. The van der Waals surface area contributed by atoms with Crippen LogP contribution in [0.1, 0.15) is 29.3 Å². The summed E-state index contributed by atoms with van der Waals surface area (Å²) in [7, 11) is 0. The number of hydrogen-bond donors (Lipinski definition) is 2. The van der Waals surface area contributed by atoms with Crippen molar-refractivity contribution in [1.29, 1.82) is 0 Å². The van der Waals surface area contributed by atoms with Crippen molar-refractivity contribution in [3.05, 3.63) is 90.0 Å². The van der Waals surface area contributed by atoms with E-state index in [-0.39, 0.29) is 16.9 Å². The third-order valence-corrected chi connectivity index (χ3v) is 6.22. The molecule has 1 saturated heterocycles. The Hall–Kier alpha value is -3.91. The van der Waals surface area contributed by atoms with Gasteiger partial charge in [0.25, 0.3) is 5.91 Å². The molecule has 0 bridgehead atoms. The van der Waals surface area contributed by atoms with E-state index >= 15 is 0 Å². The van der Waals surface area contributed by atoms with Gasteiger partial charge in [0.15, 0.2) is 5.11 Å². The first-order chi connectivity index (χ1) is 17.5. The Morgan fingerprint density at radius 1 is 0.889 bits per heavy atom. The summed E-state index contributed by atoms with van der Waals surface area (Å²) >= 11 is 5.32. The van der Waals surface area contributed by atoms with E-state index in [0.29, 0.717) is 24.3 Å². The Balaban J connectivity index is 1.23. The predicted molar refractivity (Wildman–Crippen MR) is 146 cm³/mol. The lowest BCUT2D eigenvalue weighted by molar-refractivity contribution is -0.131. The van der Waals surface area contributed by atoms with Crippen molar-refractivity contribution < 1.29 is 14.3 Å². The number of anilines is 2. The van der Waals surface area contributed by atoms with Crippen LogP contribution in [0.25, 0.3) is 0 Å². The molecule has 1 aliphatic rings. The lowest BCUT2D eigenvalue weighted by atomic mass is 10.2. The van der Waals surface area contributed by atoms with E-state index in [1.54, 1.807) is 24.3 Å². The summed E-state index contributed by atoms with van der Waals surface area (Å²) in [6.07, 6.45) is 0.547. The molecule has 2 N–H and O–H groups in total. The molecule has 1 fully saturated rings. The topological polar surface area (TPSA) is 73.9 Å². The van der Waals surface area contributed by atoms with E-state index < -0.39 is 0 Å². The molecule has 4 rings (SSSR count). The zero-order valence-corrected chi connectivity index (χ0v) is 21.1. The summed E-state index contributed by atoms with van der Waals surface area (Å²) in [5, 5.41) is 6.00. The fourth-order valence-electron chi connectivity index (χ4n) is 3.97. The standard InChI is InChI=1S/C28H30N4O3S/c1-2-26(33)32-18-16-31(17-19-32)24-12-10-23(11-13-24)29-28(36)30-27(34)22-8-14-25(15-9-22)35-20-21-6-4-3-5-7-21/h3-15H,2,16-20H2,1H3,(H2,29,30,34,36). The molecular weight excluding hydrogens is 472 g/mol. The summed E-state index contributed by atoms with van der Waals surface area (Å²) in [4.78, 5) is 28.6. The average Bonchev–Trinajstić information content (AvgIpc) is 2.93. The molecular formula is C28H30N4O3S. The largest absolute Gasteiger partial charge is 0.489 e. The number of carbonyl (C=O) groups excluding carboxylic acids is 2. The third kappa shape index (κ3) is 6.82. The number of benzene rings is 3. The summed E-state index contributed by atoms with van der Waals surface area (Å²) in [6.45, 7) is 5.46. The first-order valence-corrected chi connectivity index (χ1v) is 12.4. The number of ether oxygens (including phenoxy) is 1. The molecule has 1 aliphatic heterocycles. The van der Waals surface area contributed by atoms with Crippen molar-refractivity contribution in [2.45, 2.75) is 20.0 Å². The molecule has 0 unspecified atom stereocenters. The zero-order valence-electron chi connectivity index (χ0n) is 20.3. The highest BCUT2D eigenvalue weighted by molar-refractivity contribution is 7.80.